The number of carboxylic acids is 1. The molecule has 0 heterocycles. The topological polar surface area (TPSA) is 104 Å². The van der Waals surface area contributed by atoms with Crippen LogP contribution >= 0.6 is 0 Å². The molecule has 0 aromatic heterocycles. The summed E-state index contributed by atoms with van der Waals surface area (Å²) in [6, 6.07) is 4.51. The number of carboxylic acid groups (broad SMARTS) is 1. The van der Waals surface area contributed by atoms with E-state index in [1.165, 1.54) is 6.07 Å². The number of rotatable bonds is 4. The Hall–Kier alpha value is -1.43. The van der Waals surface area contributed by atoms with E-state index < -0.39 is 18.2 Å². The molecule has 0 saturated heterocycles. The second-order valence-electron chi connectivity index (χ2n) is 3.63. The van der Waals surface area contributed by atoms with Crippen LogP contribution in [0.4, 0.5) is 0 Å². The molecule has 2 unspecified atom stereocenters. The highest BCUT2D eigenvalue weighted by atomic mass is 16.4. The van der Waals surface area contributed by atoms with Crippen LogP contribution in [-0.2, 0) is 0 Å². The van der Waals surface area contributed by atoms with Gasteiger partial charge in [0.25, 0.3) is 0 Å². The molecule has 1 aromatic rings. The van der Waals surface area contributed by atoms with Crippen LogP contribution in [0.2, 0.25) is 0 Å². The Bertz CT molecular complexity index is 392. The van der Waals surface area contributed by atoms with Crippen LogP contribution in [-0.4, -0.2) is 33.9 Å². The van der Waals surface area contributed by atoms with E-state index in [0.29, 0.717) is 11.1 Å². The number of aliphatic hydroxyl groups is 2. The van der Waals surface area contributed by atoms with Gasteiger partial charge in [0, 0.05) is 6.54 Å². The van der Waals surface area contributed by atoms with Crippen molar-refractivity contribution in [3.05, 3.63) is 34.9 Å². The van der Waals surface area contributed by atoms with Gasteiger partial charge in [-0.1, -0.05) is 12.1 Å². The molecule has 0 radical (unpaired) electrons. The summed E-state index contributed by atoms with van der Waals surface area (Å²) >= 11 is 0. The molecule has 0 aliphatic rings. The van der Waals surface area contributed by atoms with E-state index in [0.717, 1.165) is 0 Å². The summed E-state index contributed by atoms with van der Waals surface area (Å²) in [5, 5.41) is 27.9. The third kappa shape index (κ3) is 2.57. The third-order valence-electron chi connectivity index (χ3n) is 2.44. The maximum Gasteiger partial charge on any atom is 0.335 e. The Morgan fingerprint density at radius 2 is 2.06 bits per heavy atom. The van der Waals surface area contributed by atoms with Crippen LogP contribution in [0.25, 0.3) is 0 Å². The molecule has 1 aromatic carbocycles. The molecule has 1 rings (SSSR count). The van der Waals surface area contributed by atoms with Gasteiger partial charge >= 0.3 is 5.97 Å². The first-order valence-corrected chi connectivity index (χ1v) is 4.87. The fourth-order valence-electron chi connectivity index (χ4n) is 1.41. The molecule has 0 amide bonds. The second-order valence-corrected chi connectivity index (χ2v) is 3.63. The predicted octanol–water partition coefficient (Wildman–Crippen LogP) is 0.0462. The number of nitrogens with two attached hydrogens (primary N) is 1. The van der Waals surface area contributed by atoms with Gasteiger partial charge < -0.3 is 21.1 Å². The molecule has 16 heavy (non-hydrogen) atoms. The first-order chi connectivity index (χ1) is 7.47. The lowest BCUT2D eigenvalue weighted by Gasteiger charge is -2.17. The highest BCUT2D eigenvalue weighted by Crippen LogP contribution is 2.20. The Balaban J connectivity index is 3.07. The average Bonchev–Trinajstić information content (AvgIpc) is 2.27. The van der Waals surface area contributed by atoms with Gasteiger partial charge in [-0.15, -0.1) is 0 Å². The maximum atomic E-state index is 10.9. The first kappa shape index (κ1) is 12.6. The van der Waals surface area contributed by atoms with Crippen LogP contribution < -0.4 is 5.73 Å². The van der Waals surface area contributed by atoms with Crippen molar-refractivity contribution in [2.75, 3.05) is 6.54 Å². The Morgan fingerprint density at radius 1 is 1.44 bits per heavy atom. The van der Waals surface area contributed by atoms with E-state index in [9.17, 15) is 15.0 Å². The molecule has 5 nitrogen and oxygen atoms in total. The molecular formula is C11H15NO4. The zero-order valence-corrected chi connectivity index (χ0v) is 8.92. The molecular weight excluding hydrogens is 210 g/mol. The minimum atomic E-state index is -1.16. The summed E-state index contributed by atoms with van der Waals surface area (Å²) < 4.78 is 0. The Labute approximate surface area is 93.1 Å². The first-order valence-electron chi connectivity index (χ1n) is 4.87. The quantitative estimate of drug-likeness (QED) is 0.579. The number of hydrogen-bond acceptors (Lipinski definition) is 4. The van der Waals surface area contributed by atoms with E-state index in [2.05, 4.69) is 0 Å². The lowest BCUT2D eigenvalue weighted by Crippen LogP contribution is -2.27. The molecule has 5 heteroatoms. The van der Waals surface area contributed by atoms with Gasteiger partial charge in [0.05, 0.1) is 11.7 Å². The lowest BCUT2D eigenvalue weighted by atomic mass is 9.99. The number of hydrogen-bond donors (Lipinski definition) is 4. The standard InChI is InChI=1S/C11H15NO4/c1-6-2-3-7(4-8(6)11(15)16)10(14)9(13)5-12/h2-4,9-10,13-14H,5,12H2,1H3,(H,15,16). The summed E-state index contributed by atoms with van der Waals surface area (Å²) in [6.45, 7) is 1.58. The summed E-state index contributed by atoms with van der Waals surface area (Å²) in [5.41, 5.74) is 6.27. The molecule has 2 atom stereocenters. The van der Waals surface area contributed by atoms with E-state index >= 15 is 0 Å². The van der Waals surface area contributed by atoms with Crippen molar-refractivity contribution in [2.24, 2.45) is 5.73 Å². The normalized spacial score (nSPS) is 14.5. The Morgan fingerprint density at radius 3 is 2.56 bits per heavy atom. The van der Waals surface area contributed by atoms with E-state index in [1.807, 2.05) is 0 Å². The number of benzene rings is 1. The number of aryl methyl sites for hydroxylation is 1. The van der Waals surface area contributed by atoms with Crippen LogP contribution in [0.1, 0.15) is 27.6 Å². The highest BCUT2D eigenvalue weighted by molar-refractivity contribution is 5.89. The summed E-state index contributed by atoms with van der Waals surface area (Å²) in [6.07, 6.45) is -2.26. The van der Waals surface area contributed by atoms with E-state index in [-0.39, 0.29) is 12.1 Å². The molecule has 88 valence electrons. The lowest BCUT2D eigenvalue weighted by molar-refractivity contribution is 0.0242. The third-order valence-corrected chi connectivity index (χ3v) is 2.44. The zero-order chi connectivity index (χ0) is 12.3. The monoisotopic (exact) mass is 225 g/mol. The largest absolute Gasteiger partial charge is 0.478 e. The highest BCUT2D eigenvalue weighted by Gasteiger charge is 2.18. The fourth-order valence-corrected chi connectivity index (χ4v) is 1.41. The predicted molar refractivity (Wildman–Crippen MR) is 58.2 cm³/mol. The van der Waals surface area contributed by atoms with Gasteiger partial charge in [-0.2, -0.15) is 0 Å². The summed E-state index contributed by atoms with van der Waals surface area (Å²) in [7, 11) is 0. The maximum absolute atomic E-state index is 10.9. The molecule has 0 aliphatic carbocycles. The minimum Gasteiger partial charge on any atom is -0.478 e. The second kappa shape index (κ2) is 5.07. The molecule has 0 aliphatic heterocycles. The number of aromatic carboxylic acids is 1. The van der Waals surface area contributed by atoms with Crippen LogP contribution in [0.3, 0.4) is 0 Å². The Kier molecular flexibility index (Phi) is 4.00. The van der Waals surface area contributed by atoms with Crippen LogP contribution in [0.15, 0.2) is 18.2 Å². The molecule has 0 saturated carbocycles. The molecule has 0 fully saturated rings. The fraction of sp³-hybridized carbons (Fsp3) is 0.364. The molecule has 0 bridgehead atoms. The summed E-state index contributed by atoms with van der Waals surface area (Å²) in [4.78, 5) is 10.9. The average molecular weight is 225 g/mol. The van der Waals surface area contributed by atoms with Gasteiger partial charge in [0.15, 0.2) is 0 Å². The van der Waals surface area contributed by atoms with Gasteiger partial charge in [-0.05, 0) is 24.1 Å². The minimum absolute atomic E-state index is 0.0859. The van der Waals surface area contributed by atoms with E-state index in [4.69, 9.17) is 10.8 Å². The van der Waals surface area contributed by atoms with Crippen molar-refractivity contribution in [3.8, 4) is 0 Å². The SMILES string of the molecule is Cc1ccc(C(O)C(O)CN)cc1C(=O)O. The molecule has 5 N–H and O–H groups in total. The van der Waals surface area contributed by atoms with Crippen molar-refractivity contribution in [1.82, 2.24) is 0 Å². The van der Waals surface area contributed by atoms with Crippen molar-refractivity contribution in [1.29, 1.82) is 0 Å². The van der Waals surface area contributed by atoms with Gasteiger partial charge in [-0.3, -0.25) is 0 Å². The summed E-state index contributed by atoms with van der Waals surface area (Å²) in [5.74, 6) is -1.06. The van der Waals surface area contributed by atoms with Gasteiger partial charge in [-0.25, -0.2) is 4.79 Å². The van der Waals surface area contributed by atoms with Crippen molar-refractivity contribution < 1.29 is 20.1 Å². The van der Waals surface area contributed by atoms with Crippen molar-refractivity contribution >= 4 is 5.97 Å². The van der Waals surface area contributed by atoms with Crippen molar-refractivity contribution in [3.63, 3.8) is 0 Å². The number of carbonyl (C=O) groups is 1. The van der Waals surface area contributed by atoms with Crippen LogP contribution in [0.5, 0.6) is 0 Å². The molecule has 0 spiro atoms. The van der Waals surface area contributed by atoms with Gasteiger partial charge in [0.1, 0.15) is 6.10 Å². The van der Waals surface area contributed by atoms with Crippen LogP contribution in [0, 0.1) is 6.92 Å². The van der Waals surface area contributed by atoms with Crippen molar-refractivity contribution in [2.45, 2.75) is 19.1 Å². The smallest absolute Gasteiger partial charge is 0.335 e. The van der Waals surface area contributed by atoms with Gasteiger partial charge in [0.2, 0.25) is 0 Å². The zero-order valence-electron chi connectivity index (χ0n) is 8.92. The number of aliphatic hydroxyl groups excluding tert-OH is 2. The van der Waals surface area contributed by atoms with E-state index in [1.54, 1.807) is 19.1 Å².